The molecule has 0 saturated heterocycles. The van der Waals surface area contributed by atoms with E-state index in [0.29, 0.717) is 16.9 Å². The van der Waals surface area contributed by atoms with Crippen molar-refractivity contribution < 1.29 is 9.84 Å². The molecule has 0 aliphatic carbocycles. The lowest BCUT2D eigenvalue weighted by Crippen LogP contribution is -2.32. The Labute approximate surface area is 164 Å². The lowest BCUT2D eigenvalue weighted by atomic mass is 10.1. The van der Waals surface area contributed by atoms with Crippen molar-refractivity contribution in [3.63, 3.8) is 0 Å². The van der Waals surface area contributed by atoms with Gasteiger partial charge in [-0.05, 0) is 42.8 Å². The van der Waals surface area contributed by atoms with Crippen LogP contribution in [0.15, 0.2) is 66.7 Å². The topological polar surface area (TPSA) is 70.2 Å². The maximum Gasteiger partial charge on any atom is 0.128 e. The first-order chi connectivity index (χ1) is 13.2. The molecule has 1 atom stereocenters. The molecule has 0 aliphatic rings. The van der Waals surface area contributed by atoms with Gasteiger partial charge in [-0.25, -0.2) is 0 Å². The van der Waals surface area contributed by atoms with Crippen LogP contribution in [0.3, 0.4) is 0 Å². The number of nitrogens with zero attached hydrogens (tertiary/aromatic N) is 1. The van der Waals surface area contributed by atoms with Crippen LogP contribution in [0.2, 0.25) is 0 Å². The monoisotopic (exact) mass is 381 g/mol. The normalized spacial score (nSPS) is 11.9. The highest BCUT2D eigenvalue weighted by Crippen LogP contribution is 2.27. The Balaban J connectivity index is 1.48. The summed E-state index contributed by atoms with van der Waals surface area (Å²) in [6.07, 6.45) is 0.335. The fraction of sp³-hybridized carbons (Fsp3) is 0.238. The Morgan fingerprint density at radius 3 is 2.59 bits per heavy atom. The summed E-state index contributed by atoms with van der Waals surface area (Å²) in [6.45, 7) is 1.49. The quantitative estimate of drug-likeness (QED) is 0.392. The van der Waals surface area contributed by atoms with Crippen molar-refractivity contribution in [3.8, 4) is 17.0 Å². The Morgan fingerprint density at radius 2 is 1.81 bits per heavy atom. The van der Waals surface area contributed by atoms with E-state index in [4.69, 9.17) is 17.0 Å². The van der Waals surface area contributed by atoms with Crippen molar-refractivity contribution in [2.75, 3.05) is 19.7 Å². The van der Waals surface area contributed by atoms with Gasteiger partial charge in [-0.2, -0.15) is 5.10 Å². The lowest BCUT2D eigenvalue weighted by Gasteiger charge is -2.15. The van der Waals surface area contributed by atoms with Gasteiger partial charge in [-0.15, -0.1) is 0 Å². The molecule has 1 unspecified atom stereocenters. The van der Waals surface area contributed by atoms with Gasteiger partial charge in [-0.3, -0.25) is 5.10 Å². The van der Waals surface area contributed by atoms with E-state index in [9.17, 15) is 5.11 Å². The summed E-state index contributed by atoms with van der Waals surface area (Å²) in [6, 6.07) is 21.5. The minimum atomic E-state index is -0.594. The molecule has 0 radical (unpaired) electrons. The van der Waals surface area contributed by atoms with E-state index in [1.165, 1.54) is 5.56 Å². The van der Waals surface area contributed by atoms with E-state index in [2.05, 4.69) is 27.6 Å². The van der Waals surface area contributed by atoms with Gasteiger partial charge >= 0.3 is 0 Å². The van der Waals surface area contributed by atoms with E-state index >= 15 is 0 Å². The first-order valence-corrected chi connectivity index (χ1v) is 9.34. The van der Waals surface area contributed by atoms with Crippen LogP contribution in [0.4, 0.5) is 0 Å². The van der Waals surface area contributed by atoms with Crippen LogP contribution in [-0.4, -0.2) is 41.1 Å². The van der Waals surface area contributed by atoms with Gasteiger partial charge in [0.05, 0.1) is 5.69 Å². The third-order valence-electron chi connectivity index (χ3n) is 4.09. The molecule has 140 valence electrons. The summed E-state index contributed by atoms with van der Waals surface area (Å²) < 4.78 is 6.41. The van der Waals surface area contributed by atoms with Gasteiger partial charge in [0.15, 0.2) is 0 Å². The molecule has 27 heavy (non-hydrogen) atoms. The largest absolute Gasteiger partial charge is 0.490 e. The van der Waals surface area contributed by atoms with Gasteiger partial charge in [0.1, 0.15) is 23.1 Å². The first kappa shape index (κ1) is 19.2. The predicted octanol–water partition coefficient (Wildman–Crippen LogP) is 3.38. The van der Waals surface area contributed by atoms with E-state index in [0.717, 1.165) is 24.2 Å². The molecule has 0 amide bonds. The predicted molar refractivity (Wildman–Crippen MR) is 109 cm³/mol. The average molecular weight is 382 g/mol. The van der Waals surface area contributed by atoms with Crippen molar-refractivity contribution in [2.45, 2.75) is 12.5 Å². The number of ether oxygens (including phenoxy) is 1. The van der Waals surface area contributed by atoms with Gasteiger partial charge in [0, 0.05) is 12.1 Å². The van der Waals surface area contributed by atoms with Crippen LogP contribution < -0.4 is 10.1 Å². The summed E-state index contributed by atoms with van der Waals surface area (Å²) in [4.78, 5) is 0. The molecule has 3 aromatic rings. The molecule has 2 aromatic carbocycles. The molecule has 0 bridgehead atoms. The fourth-order valence-electron chi connectivity index (χ4n) is 2.69. The number of aliphatic hydroxyl groups is 1. The zero-order valence-electron chi connectivity index (χ0n) is 15.0. The number of nitrogens with one attached hydrogen (secondary N) is 2. The summed E-state index contributed by atoms with van der Waals surface area (Å²) in [5.41, 5.74) is 2.88. The third kappa shape index (κ3) is 5.99. The van der Waals surface area contributed by atoms with Crippen molar-refractivity contribution in [3.05, 3.63) is 76.9 Å². The summed E-state index contributed by atoms with van der Waals surface area (Å²) in [5, 5.41) is 20.5. The molecular weight excluding hydrogens is 358 g/mol. The Kier molecular flexibility index (Phi) is 7.10. The van der Waals surface area contributed by atoms with E-state index < -0.39 is 6.10 Å². The van der Waals surface area contributed by atoms with Crippen LogP contribution in [0.5, 0.6) is 5.75 Å². The second-order valence-corrected chi connectivity index (χ2v) is 6.65. The highest BCUT2D eigenvalue weighted by molar-refractivity contribution is 7.71. The highest BCUT2D eigenvalue weighted by atomic mass is 32.1. The number of aromatic nitrogens is 2. The number of aliphatic hydroxyl groups excluding tert-OH is 1. The van der Waals surface area contributed by atoms with E-state index in [-0.39, 0.29) is 6.61 Å². The SMILES string of the molecule is OC(CNCCc1ccccc1)COc1ccccc1-c1ccc(=S)[nH]n1. The van der Waals surface area contributed by atoms with Crippen molar-refractivity contribution >= 4 is 12.2 Å². The number of hydrogen-bond acceptors (Lipinski definition) is 5. The molecule has 3 rings (SSSR count). The number of hydrogen-bond donors (Lipinski definition) is 3. The number of aromatic amines is 1. The second-order valence-electron chi connectivity index (χ2n) is 6.21. The zero-order valence-corrected chi connectivity index (χ0v) is 15.8. The minimum absolute atomic E-state index is 0.207. The van der Waals surface area contributed by atoms with Crippen molar-refractivity contribution in [1.82, 2.24) is 15.5 Å². The van der Waals surface area contributed by atoms with Gasteiger partial charge in [-0.1, -0.05) is 54.7 Å². The standard InChI is InChI=1S/C21H23N3O2S/c25-17(14-22-13-12-16-6-2-1-3-7-16)15-26-20-9-5-4-8-18(20)19-10-11-21(27)24-23-19/h1-11,17,22,25H,12-15H2,(H,24,27). The van der Waals surface area contributed by atoms with Crippen LogP contribution in [0.25, 0.3) is 11.3 Å². The van der Waals surface area contributed by atoms with Gasteiger partial charge < -0.3 is 15.2 Å². The summed E-state index contributed by atoms with van der Waals surface area (Å²) in [5.74, 6) is 0.679. The molecular formula is C21H23N3O2S. The van der Waals surface area contributed by atoms with E-state index in [1.807, 2.05) is 48.5 Å². The molecule has 6 heteroatoms. The zero-order chi connectivity index (χ0) is 18.9. The van der Waals surface area contributed by atoms with E-state index in [1.54, 1.807) is 6.07 Å². The summed E-state index contributed by atoms with van der Waals surface area (Å²) in [7, 11) is 0. The van der Waals surface area contributed by atoms with Crippen LogP contribution in [0.1, 0.15) is 5.56 Å². The van der Waals surface area contributed by atoms with Crippen molar-refractivity contribution in [2.24, 2.45) is 0 Å². The van der Waals surface area contributed by atoms with Gasteiger partial charge in [0.25, 0.3) is 0 Å². The van der Waals surface area contributed by atoms with Crippen LogP contribution in [0, 0.1) is 4.64 Å². The maximum absolute atomic E-state index is 10.2. The smallest absolute Gasteiger partial charge is 0.128 e. The maximum atomic E-state index is 10.2. The van der Waals surface area contributed by atoms with Crippen molar-refractivity contribution in [1.29, 1.82) is 0 Å². The summed E-state index contributed by atoms with van der Waals surface area (Å²) >= 11 is 5.03. The second kappa shape index (κ2) is 9.97. The highest BCUT2D eigenvalue weighted by Gasteiger charge is 2.10. The number of rotatable bonds is 9. The Morgan fingerprint density at radius 1 is 1.04 bits per heavy atom. The molecule has 1 aromatic heterocycles. The van der Waals surface area contributed by atoms with Crippen LogP contribution >= 0.6 is 12.2 Å². The lowest BCUT2D eigenvalue weighted by molar-refractivity contribution is 0.107. The van der Waals surface area contributed by atoms with Crippen LogP contribution in [-0.2, 0) is 6.42 Å². The Hall–Kier alpha value is -2.54. The fourth-order valence-corrected chi connectivity index (χ4v) is 2.80. The minimum Gasteiger partial charge on any atom is -0.490 e. The molecule has 3 N–H and O–H groups in total. The molecule has 0 saturated carbocycles. The first-order valence-electron chi connectivity index (χ1n) is 8.93. The third-order valence-corrected chi connectivity index (χ3v) is 4.31. The Bertz CT molecular complexity index is 879. The number of H-pyrrole nitrogens is 1. The molecule has 0 aliphatic heterocycles. The number of para-hydroxylation sites is 1. The molecule has 5 nitrogen and oxygen atoms in total. The molecule has 1 heterocycles. The molecule has 0 spiro atoms. The average Bonchev–Trinajstić information content (AvgIpc) is 2.71. The number of benzene rings is 2. The molecule has 0 fully saturated rings. The van der Waals surface area contributed by atoms with Gasteiger partial charge in [0.2, 0.25) is 0 Å².